The number of aromatic nitrogens is 7. The molecule has 0 saturated heterocycles. The van der Waals surface area contributed by atoms with Crippen LogP contribution < -0.4 is 10.0 Å². The summed E-state index contributed by atoms with van der Waals surface area (Å²) in [7, 11) is -3.44. The van der Waals surface area contributed by atoms with Gasteiger partial charge in [0.1, 0.15) is 11.5 Å². The average Bonchev–Trinajstić information content (AvgIpc) is 3.54. The van der Waals surface area contributed by atoms with Crippen LogP contribution in [0.1, 0.15) is 19.4 Å². The van der Waals surface area contributed by atoms with Gasteiger partial charge in [0.2, 0.25) is 10.0 Å². The number of rotatable bonds is 8. The highest BCUT2D eigenvalue weighted by Crippen LogP contribution is 2.33. The number of aromatic amines is 2. The van der Waals surface area contributed by atoms with Gasteiger partial charge in [-0.3, -0.25) is 20.1 Å². The molecule has 0 fully saturated rings. The van der Waals surface area contributed by atoms with Crippen molar-refractivity contribution in [2.24, 2.45) is 0 Å². The minimum atomic E-state index is -3.44. The third kappa shape index (κ3) is 5.62. The normalized spacial score (nSPS) is 12.0. The van der Waals surface area contributed by atoms with E-state index in [4.69, 9.17) is 4.98 Å². The Bertz CT molecular complexity index is 2020. The maximum absolute atomic E-state index is 14.5. The first-order valence-electron chi connectivity index (χ1n) is 12.8. The monoisotopic (exact) mass is 571 g/mol. The Kier molecular flexibility index (Phi) is 6.67. The van der Waals surface area contributed by atoms with Crippen LogP contribution in [0.3, 0.4) is 0 Å². The van der Waals surface area contributed by atoms with E-state index in [1.807, 2.05) is 12.1 Å². The Labute approximate surface area is 234 Å². The number of hydrogen-bond donors (Lipinski definition) is 4. The van der Waals surface area contributed by atoms with E-state index in [9.17, 15) is 12.8 Å². The smallest absolute Gasteiger partial charge is 0.209 e. The summed E-state index contributed by atoms with van der Waals surface area (Å²) >= 11 is 0. The fourth-order valence-electron chi connectivity index (χ4n) is 4.63. The van der Waals surface area contributed by atoms with E-state index in [0.29, 0.717) is 39.2 Å². The van der Waals surface area contributed by atoms with Gasteiger partial charge in [-0.25, -0.2) is 22.5 Å². The Balaban J connectivity index is 1.40. The molecule has 11 nitrogen and oxygen atoms in total. The van der Waals surface area contributed by atoms with Gasteiger partial charge in [0.25, 0.3) is 0 Å². The molecule has 208 valence electrons. The molecule has 0 radical (unpaired) electrons. The molecule has 41 heavy (non-hydrogen) atoms. The summed E-state index contributed by atoms with van der Waals surface area (Å²) in [6.45, 7) is 4.08. The van der Waals surface area contributed by atoms with E-state index in [1.165, 1.54) is 12.1 Å². The van der Waals surface area contributed by atoms with Gasteiger partial charge in [-0.1, -0.05) is 0 Å². The average molecular weight is 572 g/mol. The lowest BCUT2D eigenvalue weighted by molar-refractivity contribution is 0.586. The molecule has 0 saturated carbocycles. The number of imidazole rings is 1. The number of hydrogen-bond acceptors (Lipinski definition) is 8. The van der Waals surface area contributed by atoms with Crippen molar-refractivity contribution in [3.63, 3.8) is 0 Å². The number of sulfonamides is 1. The Morgan fingerprint density at radius 3 is 2.59 bits per heavy atom. The van der Waals surface area contributed by atoms with Crippen LogP contribution in [0.5, 0.6) is 0 Å². The third-order valence-corrected chi connectivity index (χ3v) is 7.03. The van der Waals surface area contributed by atoms with E-state index in [0.717, 1.165) is 34.1 Å². The lowest BCUT2D eigenvalue weighted by Crippen LogP contribution is -2.21. The predicted octanol–water partition coefficient (Wildman–Crippen LogP) is 4.63. The molecule has 0 aliphatic heterocycles. The standard InChI is InChI=1S/C28H26FN9O2S/c1-15(2)34-20-7-18(10-30-11-20)23-8-21-24(14-32-23)37-38-27(21)28-35-25-13-31-12-22(26(25)36-28)17-4-16(5-19(29)6-17)9-33-41(3,39)40/h4-8,10-15,33-34H,9H2,1-3H3,(H,35,36)(H,37,38). The Morgan fingerprint density at radius 1 is 0.951 bits per heavy atom. The third-order valence-electron chi connectivity index (χ3n) is 6.36. The van der Waals surface area contributed by atoms with Crippen molar-refractivity contribution in [3.05, 3.63) is 72.7 Å². The first-order chi connectivity index (χ1) is 19.6. The summed E-state index contributed by atoms with van der Waals surface area (Å²) in [5.41, 5.74) is 6.61. The van der Waals surface area contributed by atoms with Crippen molar-refractivity contribution >= 4 is 37.6 Å². The van der Waals surface area contributed by atoms with Crippen LogP contribution in [-0.2, 0) is 16.6 Å². The van der Waals surface area contributed by atoms with Gasteiger partial charge in [0.15, 0.2) is 5.82 Å². The number of fused-ring (bicyclic) bond motifs is 2. The number of nitrogens with one attached hydrogen (secondary N) is 4. The second-order valence-corrected chi connectivity index (χ2v) is 11.9. The SMILES string of the molecule is CC(C)Nc1cncc(-c2cc3c(-c4nc5c(-c6cc(F)cc(CNS(C)(=O)=O)c6)cncc5[nH]4)n[nH]c3cn2)c1. The van der Waals surface area contributed by atoms with E-state index < -0.39 is 15.8 Å². The highest BCUT2D eigenvalue weighted by Gasteiger charge is 2.17. The van der Waals surface area contributed by atoms with Crippen LogP contribution >= 0.6 is 0 Å². The summed E-state index contributed by atoms with van der Waals surface area (Å²) in [6, 6.07) is 8.57. The van der Waals surface area contributed by atoms with E-state index in [-0.39, 0.29) is 12.6 Å². The molecule has 6 rings (SSSR count). The van der Waals surface area contributed by atoms with Crippen molar-refractivity contribution in [3.8, 4) is 33.9 Å². The van der Waals surface area contributed by atoms with Crippen molar-refractivity contribution < 1.29 is 12.8 Å². The second-order valence-electron chi connectivity index (χ2n) is 10.1. The molecule has 0 unspecified atom stereocenters. The number of nitrogens with zero attached hydrogens (tertiary/aromatic N) is 5. The molecule has 5 heterocycles. The van der Waals surface area contributed by atoms with Crippen LogP contribution in [0.15, 0.2) is 61.3 Å². The quantitative estimate of drug-likeness (QED) is 0.206. The lowest BCUT2D eigenvalue weighted by Gasteiger charge is -2.10. The van der Waals surface area contributed by atoms with Crippen molar-refractivity contribution in [1.29, 1.82) is 0 Å². The number of halogens is 1. The maximum atomic E-state index is 14.5. The molecule has 1 aromatic carbocycles. The summed E-state index contributed by atoms with van der Waals surface area (Å²) < 4.78 is 40.0. The van der Waals surface area contributed by atoms with E-state index in [1.54, 1.807) is 37.1 Å². The first kappa shape index (κ1) is 26.5. The molecule has 0 spiro atoms. The first-order valence-corrected chi connectivity index (χ1v) is 14.7. The molecular weight excluding hydrogens is 545 g/mol. The summed E-state index contributed by atoms with van der Waals surface area (Å²) in [5, 5.41) is 11.7. The van der Waals surface area contributed by atoms with Crippen molar-refractivity contribution in [2.75, 3.05) is 11.6 Å². The van der Waals surface area contributed by atoms with E-state index in [2.05, 4.69) is 54.0 Å². The molecule has 0 atom stereocenters. The minimum Gasteiger partial charge on any atom is -0.382 e. The van der Waals surface area contributed by atoms with Gasteiger partial charge >= 0.3 is 0 Å². The highest BCUT2D eigenvalue weighted by atomic mass is 32.2. The zero-order valence-corrected chi connectivity index (χ0v) is 23.2. The van der Waals surface area contributed by atoms with Crippen LogP contribution in [-0.4, -0.2) is 55.8 Å². The zero-order valence-electron chi connectivity index (χ0n) is 22.4. The van der Waals surface area contributed by atoms with Crippen LogP contribution in [0, 0.1) is 5.82 Å². The highest BCUT2D eigenvalue weighted by molar-refractivity contribution is 7.88. The molecule has 0 aliphatic rings. The number of benzene rings is 1. The second kappa shape index (κ2) is 10.3. The minimum absolute atomic E-state index is 0.0413. The Morgan fingerprint density at radius 2 is 1.78 bits per heavy atom. The molecule has 5 aromatic heterocycles. The van der Waals surface area contributed by atoms with Gasteiger partial charge in [-0.2, -0.15) is 5.10 Å². The zero-order chi connectivity index (χ0) is 28.7. The number of pyridine rings is 3. The predicted molar refractivity (Wildman–Crippen MR) is 156 cm³/mol. The van der Waals surface area contributed by atoms with Gasteiger partial charge in [0.05, 0.1) is 46.6 Å². The lowest BCUT2D eigenvalue weighted by atomic mass is 10.0. The molecule has 0 bridgehead atoms. The van der Waals surface area contributed by atoms with Gasteiger partial charge in [0, 0.05) is 47.7 Å². The topological polar surface area (TPSA) is 154 Å². The maximum Gasteiger partial charge on any atom is 0.209 e. The Hall–Kier alpha value is -4.75. The number of H-pyrrole nitrogens is 2. The summed E-state index contributed by atoms with van der Waals surface area (Å²) in [5.74, 6) is 0.00223. The molecule has 6 aromatic rings. The van der Waals surface area contributed by atoms with E-state index >= 15 is 0 Å². The molecular formula is C28H26FN9O2S. The van der Waals surface area contributed by atoms with Gasteiger partial charge in [-0.05, 0) is 55.3 Å². The summed E-state index contributed by atoms with van der Waals surface area (Å²) in [6.07, 6.45) is 9.55. The molecule has 0 amide bonds. The van der Waals surface area contributed by atoms with Gasteiger partial charge in [-0.15, -0.1) is 0 Å². The summed E-state index contributed by atoms with van der Waals surface area (Å²) in [4.78, 5) is 21.4. The largest absolute Gasteiger partial charge is 0.382 e. The van der Waals surface area contributed by atoms with Crippen LogP contribution in [0.4, 0.5) is 10.1 Å². The van der Waals surface area contributed by atoms with Crippen molar-refractivity contribution in [2.45, 2.75) is 26.4 Å². The van der Waals surface area contributed by atoms with Gasteiger partial charge < -0.3 is 10.3 Å². The van der Waals surface area contributed by atoms with Crippen LogP contribution in [0.25, 0.3) is 55.8 Å². The molecule has 4 N–H and O–H groups in total. The fourth-order valence-corrected chi connectivity index (χ4v) is 5.06. The van der Waals surface area contributed by atoms with Crippen molar-refractivity contribution in [1.82, 2.24) is 39.8 Å². The molecule has 13 heteroatoms. The fraction of sp³-hybridized carbons (Fsp3) is 0.179. The molecule has 0 aliphatic carbocycles. The van der Waals surface area contributed by atoms with Crippen LogP contribution in [0.2, 0.25) is 0 Å². The number of anilines is 1.